The highest BCUT2D eigenvalue weighted by molar-refractivity contribution is 5.20. The van der Waals surface area contributed by atoms with E-state index in [0.29, 0.717) is 5.56 Å². The average Bonchev–Trinajstić information content (AvgIpc) is 2.23. The topological polar surface area (TPSA) is 35.2 Å². The Balaban J connectivity index is 2.91. The fourth-order valence-electron chi connectivity index (χ4n) is 1.49. The molecule has 2 nitrogen and oxygen atoms in total. The van der Waals surface area contributed by atoms with Crippen molar-refractivity contribution < 1.29 is 22.3 Å². The third-order valence-electron chi connectivity index (χ3n) is 2.47. The largest absolute Gasteiger partial charge is 0.414 e. The Hall–Kier alpha value is -1.14. The van der Waals surface area contributed by atoms with Gasteiger partial charge in [0.1, 0.15) is 5.82 Å². The van der Waals surface area contributed by atoms with Crippen molar-refractivity contribution >= 4 is 0 Å². The predicted octanol–water partition coefficient (Wildman–Crippen LogP) is 3.18. The van der Waals surface area contributed by atoms with E-state index >= 15 is 0 Å². The van der Waals surface area contributed by atoms with E-state index in [4.69, 9.17) is 10.5 Å². The molecule has 2 N–H and O–H groups in total. The van der Waals surface area contributed by atoms with E-state index in [1.165, 1.54) is 25.1 Å². The summed E-state index contributed by atoms with van der Waals surface area (Å²) < 4.78 is 55.2. The van der Waals surface area contributed by atoms with Gasteiger partial charge in [-0.05, 0) is 31.5 Å². The van der Waals surface area contributed by atoms with Crippen LogP contribution < -0.4 is 5.73 Å². The van der Waals surface area contributed by atoms with Crippen LogP contribution in [0.5, 0.6) is 0 Å². The fourth-order valence-corrected chi connectivity index (χ4v) is 1.49. The number of ether oxygens (including phenoxy) is 1. The molecule has 1 rings (SSSR count). The summed E-state index contributed by atoms with van der Waals surface area (Å²) in [6, 6.07) is 4.53. The van der Waals surface area contributed by atoms with Gasteiger partial charge in [0.15, 0.2) is 6.10 Å². The van der Waals surface area contributed by atoms with Gasteiger partial charge in [-0.3, -0.25) is 0 Å². The van der Waals surface area contributed by atoms with Crippen LogP contribution in [0.1, 0.15) is 25.5 Å². The Morgan fingerprint density at radius 3 is 2.28 bits per heavy atom. The van der Waals surface area contributed by atoms with E-state index in [1.807, 2.05) is 0 Å². The Morgan fingerprint density at radius 1 is 1.22 bits per heavy atom. The van der Waals surface area contributed by atoms with Crippen LogP contribution in [-0.4, -0.2) is 18.3 Å². The summed E-state index contributed by atoms with van der Waals surface area (Å²) in [5.41, 5.74) is 5.89. The number of halogens is 4. The summed E-state index contributed by atoms with van der Waals surface area (Å²) >= 11 is 0. The Kier molecular flexibility index (Phi) is 4.70. The van der Waals surface area contributed by atoms with Gasteiger partial charge in [0, 0.05) is 6.04 Å². The monoisotopic (exact) mass is 265 g/mol. The lowest BCUT2D eigenvalue weighted by Crippen LogP contribution is -2.35. The van der Waals surface area contributed by atoms with Gasteiger partial charge in [-0.25, -0.2) is 4.39 Å². The summed E-state index contributed by atoms with van der Waals surface area (Å²) in [5.74, 6) is -0.540. The molecule has 6 heteroatoms. The standard InChI is InChI=1S/C12H15F4NO/c1-7(17)11(18-8(2)12(14,15)16)9-4-3-5-10(13)6-9/h3-8,11H,17H2,1-2H3. The van der Waals surface area contributed by atoms with Gasteiger partial charge in [-0.1, -0.05) is 12.1 Å². The molecule has 102 valence electrons. The number of hydrogen-bond donors (Lipinski definition) is 1. The molecule has 0 aliphatic rings. The molecule has 0 saturated heterocycles. The predicted molar refractivity (Wildman–Crippen MR) is 59.4 cm³/mol. The van der Waals surface area contributed by atoms with Crippen LogP contribution in [0.3, 0.4) is 0 Å². The first-order valence-electron chi connectivity index (χ1n) is 5.45. The smallest absolute Gasteiger partial charge is 0.360 e. The number of benzene rings is 1. The van der Waals surface area contributed by atoms with Crippen LogP contribution in [0.15, 0.2) is 24.3 Å². The fraction of sp³-hybridized carbons (Fsp3) is 0.500. The second-order valence-corrected chi connectivity index (χ2v) is 4.15. The lowest BCUT2D eigenvalue weighted by molar-refractivity contribution is -0.229. The lowest BCUT2D eigenvalue weighted by atomic mass is 10.0. The summed E-state index contributed by atoms with van der Waals surface area (Å²) in [4.78, 5) is 0. The molecule has 0 heterocycles. The van der Waals surface area contributed by atoms with Gasteiger partial charge in [-0.15, -0.1) is 0 Å². The minimum absolute atomic E-state index is 0.293. The maximum atomic E-state index is 13.0. The van der Waals surface area contributed by atoms with Gasteiger partial charge < -0.3 is 10.5 Å². The summed E-state index contributed by atoms with van der Waals surface area (Å²) in [6.45, 7) is 2.41. The molecule has 3 unspecified atom stereocenters. The van der Waals surface area contributed by atoms with Crippen molar-refractivity contribution in [2.24, 2.45) is 5.73 Å². The second-order valence-electron chi connectivity index (χ2n) is 4.15. The Bertz CT molecular complexity index is 392. The van der Waals surface area contributed by atoms with Gasteiger partial charge in [0.2, 0.25) is 0 Å². The molecule has 0 bridgehead atoms. The number of hydrogen-bond acceptors (Lipinski definition) is 2. The lowest BCUT2D eigenvalue weighted by Gasteiger charge is -2.27. The third kappa shape index (κ3) is 3.96. The first-order valence-corrected chi connectivity index (χ1v) is 5.45. The molecule has 0 aliphatic carbocycles. The van der Waals surface area contributed by atoms with E-state index in [-0.39, 0.29) is 0 Å². The quantitative estimate of drug-likeness (QED) is 0.848. The zero-order valence-corrected chi connectivity index (χ0v) is 10.0. The molecule has 0 radical (unpaired) electrons. The maximum absolute atomic E-state index is 13.0. The van der Waals surface area contributed by atoms with Crippen molar-refractivity contribution in [1.29, 1.82) is 0 Å². The molecular weight excluding hydrogens is 250 g/mol. The van der Waals surface area contributed by atoms with E-state index in [2.05, 4.69) is 0 Å². The SMILES string of the molecule is CC(N)C(OC(C)C(F)(F)F)c1cccc(F)c1. The second kappa shape index (κ2) is 5.67. The van der Waals surface area contributed by atoms with Crippen molar-refractivity contribution in [3.63, 3.8) is 0 Å². The van der Waals surface area contributed by atoms with Crippen LogP contribution in [-0.2, 0) is 4.74 Å². The zero-order valence-electron chi connectivity index (χ0n) is 10.0. The Morgan fingerprint density at radius 2 is 1.83 bits per heavy atom. The van der Waals surface area contributed by atoms with Gasteiger partial charge in [0.05, 0.1) is 6.10 Å². The molecule has 0 saturated carbocycles. The molecule has 18 heavy (non-hydrogen) atoms. The molecule has 1 aromatic rings. The van der Waals surface area contributed by atoms with Crippen molar-refractivity contribution in [2.75, 3.05) is 0 Å². The third-order valence-corrected chi connectivity index (χ3v) is 2.47. The van der Waals surface area contributed by atoms with Gasteiger partial charge in [0.25, 0.3) is 0 Å². The molecule has 3 atom stereocenters. The van der Waals surface area contributed by atoms with Gasteiger partial charge >= 0.3 is 6.18 Å². The maximum Gasteiger partial charge on any atom is 0.414 e. The highest BCUT2D eigenvalue weighted by Gasteiger charge is 2.39. The minimum Gasteiger partial charge on any atom is -0.360 e. The highest BCUT2D eigenvalue weighted by Crippen LogP contribution is 2.29. The van der Waals surface area contributed by atoms with E-state index in [0.717, 1.165) is 13.0 Å². The number of alkyl halides is 3. The van der Waals surface area contributed by atoms with Crippen LogP contribution in [0.25, 0.3) is 0 Å². The van der Waals surface area contributed by atoms with Crippen molar-refractivity contribution in [1.82, 2.24) is 0 Å². The van der Waals surface area contributed by atoms with Gasteiger partial charge in [-0.2, -0.15) is 13.2 Å². The summed E-state index contributed by atoms with van der Waals surface area (Å²) in [7, 11) is 0. The molecule has 0 aliphatic heterocycles. The van der Waals surface area contributed by atoms with Crippen LogP contribution in [0.2, 0.25) is 0 Å². The molecular formula is C12H15F4NO. The van der Waals surface area contributed by atoms with Crippen LogP contribution >= 0.6 is 0 Å². The molecule has 0 fully saturated rings. The number of nitrogens with two attached hydrogens (primary N) is 1. The molecule has 1 aromatic carbocycles. The van der Waals surface area contributed by atoms with E-state index < -0.39 is 30.2 Å². The highest BCUT2D eigenvalue weighted by atomic mass is 19.4. The van der Waals surface area contributed by atoms with Crippen molar-refractivity contribution in [3.8, 4) is 0 Å². The summed E-state index contributed by atoms with van der Waals surface area (Å²) in [6.07, 6.45) is -7.44. The molecule has 0 amide bonds. The Labute approximate surface area is 103 Å². The molecule has 0 spiro atoms. The van der Waals surface area contributed by atoms with E-state index in [1.54, 1.807) is 0 Å². The summed E-state index contributed by atoms with van der Waals surface area (Å²) in [5, 5.41) is 0. The first-order chi connectivity index (χ1) is 8.21. The van der Waals surface area contributed by atoms with Crippen LogP contribution in [0, 0.1) is 5.82 Å². The van der Waals surface area contributed by atoms with Crippen molar-refractivity contribution in [3.05, 3.63) is 35.6 Å². The first kappa shape index (κ1) is 14.9. The molecule has 0 aromatic heterocycles. The average molecular weight is 265 g/mol. The van der Waals surface area contributed by atoms with Crippen molar-refractivity contribution in [2.45, 2.75) is 38.3 Å². The zero-order chi connectivity index (χ0) is 13.9. The minimum atomic E-state index is -4.47. The number of rotatable bonds is 4. The van der Waals surface area contributed by atoms with Crippen LogP contribution in [0.4, 0.5) is 17.6 Å². The normalized spacial score (nSPS) is 17.3. The van der Waals surface area contributed by atoms with E-state index in [9.17, 15) is 17.6 Å².